The molecule has 0 amide bonds. The Bertz CT molecular complexity index is 544. The van der Waals surface area contributed by atoms with Gasteiger partial charge in [-0.3, -0.25) is 4.79 Å². The number of aromatic nitrogens is 1. The van der Waals surface area contributed by atoms with E-state index in [0.717, 1.165) is 17.6 Å². The van der Waals surface area contributed by atoms with Gasteiger partial charge in [0, 0.05) is 21.2 Å². The molecule has 1 N–H and O–H groups in total. The predicted octanol–water partition coefficient (Wildman–Crippen LogP) is 3.10. The van der Waals surface area contributed by atoms with Crippen molar-refractivity contribution in [3.05, 3.63) is 35.5 Å². The number of rotatable bonds is 0. The number of aromatic amines is 1. The number of fused-ring (bicyclic) bond motifs is 3. The van der Waals surface area contributed by atoms with Crippen LogP contribution in [0.4, 0.5) is 0 Å². The van der Waals surface area contributed by atoms with Gasteiger partial charge >= 0.3 is 0 Å². The van der Waals surface area contributed by atoms with Crippen molar-refractivity contribution in [2.24, 2.45) is 0 Å². The molecule has 0 radical (unpaired) electrons. The Morgan fingerprint density at radius 3 is 2.93 bits per heavy atom. The third kappa shape index (κ3) is 1.40. The number of hydrogen-bond acceptors (Lipinski definition) is 1. The molecule has 15 heavy (non-hydrogen) atoms. The number of hydrogen-bond donors (Lipinski definition) is 1. The van der Waals surface area contributed by atoms with E-state index in [9.17, 15) is 4.79 Å². The average Bonchev–Trinajstić information content (AvgIpc) is 2.57. The maximum atomic E-state index is 11.8. The highest BCUT2D eigenvalue weighted by Crippen LogP contribution is 2.31. The van der Waals surface area contributed by atoms with Gasteiger partial charge in [0.2, 0.25) is 0 Å². The molecule has 0 aliphatic heterocycles. The molecule has 1 aliphatic carbocycles. The number of nitrogens with one attached hydrogen (secondary N) is 1. The molecule has 2 aromatic rings. The van der Waals surface area contributed by atoms with Gasteiger partial charge < -0.3 is 4.98 Å². The van der Waals surface area contributed by atoms with Gasteiger partial charge in [0.15, 0.2) is 5.78 Å². The smallest absolute Gasteiger partial charge is 0.180 e. The van der Waals surface area contributed by atoms with Crippen LogP contribution in [-0.2, 0) is 6.42 Å². The van der Waals surface area contributed by atoms with E-state index in [0.29, 0.717) is 10.3 Å². The number of para-hydroxylation sites is 1. The summed E-state index contributed by atoms with van der Waals surface area (Å²) in [4.78, 5) is 15.1. The summed E-state index contributed by atoms with van der Waals surface area (Å²) in [6, 6.07) is 8.14. The molecule has 76 valence electrons. The normalized spacial score (nSPS) is 20.6. The number of Topliss-reactive ketones (excluding diaryl/α,β-unsaturated/α-hetero) is 1. The van der Waals surface area contributed by atoms with E-state index >= 15 is 0 Å². The second kappa shape index (κ2) is 3.33. The molecule has 0 fully saturated rings. The van der Waals surface area contributed by atoms with E-state index < -0.39 is 0 Å². The van der Waals surface area contributed by atoms with Crippen LogP contribution in [0.25, 0.3) is 10.9 Å². The fourth-order valence-corrected chi connectivity index (χ4v) is 3.09. The lowest BCUT2D eigenvalue weighted by molar-refractivity contribution is 0.0972. The van der Waals surface area contributed by atoms with Crippen LogP contribution >= 0.6 is 22.6 Å². The van der Waals surface area contributed by atoms with Crippen molar-refractivity contribution in [2.75, 3.05) is 0 Å². The van der Waals surface area contributed by atoms with Gasteiger partial charge in [0.25, 0.3) is 0 Å². The first-order chi connectivity index (χ1) is 7.25. The minimum atomic E-state index is 0.256. The largest absolute Gasteiger partial charge is 0.352 e. The maximum absolute atomic E-state index is 11.8. The fourth-order valence-electron chi connectivity index (χ4n) is 2.25. The number of benzene rings is 1. The zero-order chi connectivity index (χ0) is 10.4. The minimum absolute atomic E-state index is 0.256. The van der Waals surface area contributed by atoms with Crippen LogP contribution in [0, 0.1) is 0 Å². The first-order valence-electron chi connectivity index (χ1n) is 5.02. The van der Waals surface area contributed by atoms with Crippen LogP contribution in [0.5, 0.6) is 0 Å². The first-order valence-corrected chi connectivity index (χ1v) is 6.27. The molecule has 1 aromatic heterocycles. The third-order valence-corrected chi connectivity index (χ3v) is 3.81. The molecule has 1 unspecified atom stereocenters. The lowest BCUT2D eigenvalue weighted by Gasteiger charge is -2.15. The number of carbonyl (C=O) groups excluding carboxylic acids is 1. The highest BCUT2D eigenvalue weighted by Gasteiger charge is 2.26. The molecule has 1 atom stereocenters. The molecular weight excluding hydrogens is 301 g/mol. The van der Waals surface area contributed by atoms with Crippen molar-refractivity contribution in [3.8, 4) is 0 Å². The summed E-state index contributed by atoms with van der Waals surface area (Å²) in [6.45, 7) is 0. The number of carbonyl (C=O) groups is 1. The molecule has 3 heteroatoms. The Labute approximate surface area is 101 Å². The standard InChI is InChI=1S/C12H10INO/c13-7-5-9-8-3-1-2-4-10(8)14-12(9)11(15)6-7/h1-4,7,14H,5-6H2. The second-order valence-electron chi connectivity index (χ2n) is 3.95. The number of alkyl halides is 1. The van der Waals surface area contributed by atoms with Crippen molar-refractivity contribution in [2.45, 2.75) is 16.8 Å². The monoisotopic (exact) mass is 311 g/mol. The highest BCUT2D eigenvalue weighted by atomic mass is 127. The zero-order valence-corrected chi connectivity index (χ0v) is 10.2. The zero-order valence-electron chi connectivity index (χ0n) is 8.09. The van der Waals surface area contributed by atoms with Crippen LogP contribution in [0.15, 0.2) is 24.3 Å². The number of ketones is 1. The van der Waals surface area contributed by atoms with Crippen LogP contribution in [0.2, 0.25) is 0 Å². The maximum Gasteiger partial charge on any atom is 0.180 e. The molecule has 0 spiro atoms. The van der Waals surface area contributed by atoms with Crippen LogP contribution in [-0.4, -0.2) is 14.7 Å². The molecule has 1 aromatic carbocycles. The number of H-pyrrole nitrogens is 1. The van der Waals surface area contributed by atoms with E-state index in [2.05, 4.69) is 33.6 Å². The quantitative estimate of drug-likeness (QED) is 0.588. The SMILES string of the molecule is O=C1CC(I)Cc2c1[nH]c1ccccc21. The van der Waals surface area contributed by atoms with Crippen molar-refractivity contribution in [1.29, 1.82) is 0 Å². The topological polar surface area (TPSA) is 32.9 Å². The summed E-state index contributed by atoms with van der Waals surface area (Å²) >= 11 is 2.36. The van der Waals surface area contributed by atoms with Gasteiger partial charge in [-0.1, -0.05) is 40.8 Å². The minimum Gasteiger partial charge on any atom is -0.352 e. The van der Waals surface area contributed by atoms with Crippen molar-refractivity contribution >= 4 is 39.3 Å². The predicted molar refractivity (Wildman–Crippen MR) is 68.8 cm³/mol. The summed E-state index contributed by atoms with van der Waals surface area (Å²) in [5.74, 6) is 0.256. The molecule has 2 nitrogen and oxygen atoms in total. The summed E-state index contributed by atoms with van der Waals surface area (Å²) < 4.78 is 0.446. The number of halogens is 1. The summed E-state index contributed by atoms with van der Waals surface area (Å²) in [7, 11) is 0. The van der Waals surface area contributed by atoms with Crippen molar-refractivity contribution in [1.82, 2.24) is 4.98 Å². The molecular formula is C12H10INO. The molecule has 3 rings (SSSR count). The summed E-state index contributed by atoms with van der Waals surface area (Å²) in [6.07, 6.45) is 1.67. The second-order valence-corrected chi connectivity index (χ2v) is 5.71. The van der Waals surface area contributed by atoms with Crippen LogP contribution in [0.3, 0.4) is 0 Å². The fraction of sp³-hybridized carbons (Fsp3) is 0.250. The van der Waals surface area contributed by atoms with E-state index in [4.69, 9.17) is 0 Å². The van der Waals surface area contributed by atoms with Gasteiger partial charge in [-0.25, -0.2) is 0 Å². The molecule has 0 saturated heterocycles. The first kappa shape index (κ1) is 9.39. The molecule has 1 aliphatic rings. The Hall–Kier alpha value is -0.840. The summed E-state index contributed by atoms with van der Waals surface area (Å²) in [5, 5.41) is 1.21. The third-order valence-electron chi connectivity index (χ3n) is 2.92. The Balaban J connectivity index is 2.32. The Kier molecular flexibility index (Phi) is 2.09. The van der Waals surface area contributed by atoms with Gasteiger partial charge in [0.1, 0.15) is 0 Å². The molecule has 0 bridgehead atoms. The summed E-state index contributed by atoms with van der Waals surface area (Å²) in [5.41, 5.74) is 3.13. The van der Waals surface area contributed by atoms with Crippen LogP contribution < -0.4 is 0 Å². The van der Waals surface area contributed by atoms with E-state index in [1.165, 1.54) is 10.9 Å². The van der Waals surface area contributed by atoms with Crippen molar-refractivity contribution < 1.29 is 4.79 Å². The van der Waals surface area contributed by atoms with Crippen molar-refractivity contribution in [3.63, 3.8) is 0 Å². The van der Waals surface area contributed by atoms with Gasteiger partial charge in [-0.15, -0.1) is 0 Å². The average molecular weight is 311 g/mol. The van der Waals surface area contributed by atoms with Gasteiger partial charge in [-0.05, 0) is 18.1 Å². The molecule has 1 heterocycles. The lowest BCUT2D eigenvalue weighted by Crippen LogP contribution is -2.18. The van der Waals surface area contributed by atoms with E-state index in [-0.39, 0.29) is 5.78 Å². The molecule has 0 saturated carbocycles. The van der Waals surface area contributed by atoms with E-state index in [1.54, 1.807) is 0 Å². The highest BCUT2D eigenvalue weighted by molar-refractivity contribution is 14.1. The lowest BCUT2D eigenvalue weighted by atomic mass is 9.95. The van der Waals surface area contributed by atoms with Gasteiger partial charge in [0.05, 0.1) is 5.69 Å². The Morgan fingerprint density at radius 2 is 2.07 bits per heavy atom. The van der Waals surface area contributed by atoms with E-state index in [1.807, 2.05) is 18.2 Å². The van der Waals surface area contributed by atoms with Crippen LogP contribution in [0.1, 0.15) is 22.5 Å². The Morgan fingerprint density at radius 1 is 1.27 bits per heavy atom. The van der Waals surface area contributed by atoms with Gasteiger partial charge in [-0.2, -0.15) is 0 Å².